The fourth-order valence-corrected chi connectivity index (χ4v) is 15.4. The van der Waals surface area contributed by atoms with E-state index in [4.69, 9.17) is 28.4 Å². The van der Waals surface area contributed by atoms with E-state index in [1.54, 1.807) is 6.92 Å². The minimum Gasteiger partial charge on any atom is -0.432 e. The molecule has 8 rings (SSSR count). The molecule has 20 nitrogen and oxygen atoms in total. The third-order valence-electron chi connectivity index (χ3n) is 19.7. The molecule has 0 radical (unpaired) electrons. The molecular formula is C48H78O20. The highest BCUT2D eigenvalue weighted by Crippen LogP contribution is 2.76. The molecule has 390 valence electrons. The number of esters is 1. The summed E-state index contributed by atoms with van der Waals surface area (Å²) in [7, 11) is 0. The van der Waals surface area contributed by atoms with Gasteiger partial charge in [-0.2, -0.15) is 0 Å². The molecule has 8 aliphatic rings. The van der Waals surface area contributed by atoms with Crippen LogP contribution in [0, 0.1) is 50.7 Å². The van der Waals surface area contributed by atoms with Crippen LogP contribution >= 0.6 is 0 Å². The molecule has 3 saturated heterocycles. The van der Waals surface area contributed by atoms with E-state index in [2.05, 4.69) is 26.8 Å². The van der Waals surface area contributed by atoms with Gasteiger partial charge in [-0.25, -0.2) is 0 Å². The first-order valence-corrected chi connectivity index (χ1v) is 24.6. The SMILES string of the molecule is CC1CCC2(C(=O)OC3OC(CO)C(O)C(O)C3OC3OC(CO)C(O)C(O)C3O)CCC3(C)C(=CCC4C5(C)CC(O)C(OC6OC(CO)C(O)C(O)C6O)C(C)(C)C5CCC43C)C2C1(C)O. The smallest absolute Gasteiger partial charge is 0.315 e. The average Bonchev–Trinajstić information content (AvgIpc) is 3.28. The summed E-state index contributed by atoms with van der Waals surface area (Å²) in [4.78, 5) is 15.3. The Morgan fingerprint density at radius 3 is 1.74 bits per heavy atom. The summed E-state index contributed by atoms with van der Waals surface area (Å²) in [5.74, 6) is -1.79. The molecule has 13 N–H and O–H groups in total. The Labute approximate surface area is 396 Å². The van der Waals surface area contributed by atoms with Crippen LogP contribution in [0.15, 0.2) is 11.6 Å². The zero-order valence-electron chi connectivity index (χ0n) is 40.2. The van der Waals surface area contributed by atoms with Crippen LogP contribution in [-0.4, -0.2) is 202 Å². The van der Waals surface area contributed by atoms with Gasteiger partial charge in [-0.05, 0) is 97.7 Å². The average molecular weight is 975 g/mol. The zero-order chi connectivity index (χ0) is 50.0. The van der Waals surface area contributed by atoms with Crippen molar-refractivity contribution in [1.29, 1.82) is 0 Å². The second kappa shape index (κ2) is 18.5. The van der Waals surface area contributed by atoms with Gasteiger partial charge in [0.25, 0.3) is 0 Å². The van der Waals surface area contributed by atoms with Gasteiger partial charge in [-0.3, -0.25) is 4.79 Å². The largest absolute Gasteiger partial charge is 0.432 e. The van der Waals surface area contributed by atoms with Crippen molar-refractivity contribution in [2.75, 3.05) is 19.8 Å². The number of hydrogen-bond acceptors (Lipinski definition) is 20. The number of carbonyl (C=O) groups is 1. The van der Waals surface area contributed by atoms with E-state index < -0.39 is 169 Å². The molecule has 4 saturated carbocycles. The Balaban J connectivity index is 1.09. The molecule has 3 heterocycles. The summed E-state index contributed by atoms with van der Waals surface area (Å²) in [6, 6.07) is 0. The summed E-state index contributed by atoms with van der Waals surface area (Å²) in [6.45, 7) is 12.3. The third-order valence-corrected chi connectivity index (χ3v) is 19.7. The maximum Gasteiger partial charge on any atom is 0.315 e. The lowest BCUT2D eigenvalue weighted by Gasteiger charge is -2.72. The molecule has 0 aromatic carbocycles. The van der Waals surface area contributed by atoms with Gasteiger partial charge >= 0.3 is 5.97 Å². The molecule has 0 bridgehead atoms. The highest BCUT2D eigenvalue weighted by molar-refractivity contribution is 5.79. The maximum absolute atomic E-state index is 15.3. The second-order valence-corrected chi connectivity index (χ2v) is 23.3. The number of ether oxygens (including phenoxy) is 6. The third kappa shape index (κ3) is 7.81. The van der Waals surface area contributed by atoms with E-state index >= 15 is 4.79 Å². The lowest BCUT2D eigenvalue weighted by atomic mass is 9.33. The zero-order valence-corrected chi connectivity index (χ0v) is 40.2. The Morgan fingerprint density at radius 1 is 0.647 bits per heavy atom. The fourth-order valence-electron chi connectivity index (χ4n) is 15.4. The number of rotatable bonds is 9. The Hall–Kier alpha value is -1.51. The summed E-state index contributed by atoms with van der Waals surface area (Å²) in [5, 5.41) is 140. The molecule has 26 unspecified atom stereocenters. The van der Waals surface area contributed by atoms with Crippen molar-refractivity contribution in [3.63, 3.8) is 0 Å². The van der Waals surface area contributed by atoms with E-state index in [-0.39, 0.29) is 24.2 Å². The standard InChI is InChI=1S/C48H78O20/c1-20-10-13-48(42(61)68-41-36(33(58)30(55)25(19-51)65-41)66-39-34(59)31(56)28(53)23(17-49)63-39)15-14-45(5)21(37(48)47(20,7)62)8-9-27-44(4)16-22(52)38(43(2,3)26(44)11-12-46(27,45)6)67-40-35(60)32(57)29(54)24(18-50)64-40/h8,20,22-41,49-60,62H,9-19H2,1-7H3. The van der Waals surface area contributed by atoms with Crippen LogP contribution in [0.25, 0.3) is 0 Å². The van der Waals surface area contributed by atoms with Crippen LogP contribution < -0.4 is 0 Å². The van der Waals surface area contributed by atoms with Gasteiger partial charge in [-0.1, -0.05) is 53.2 Å². The van der Waals surface area contributed by atoms with Gasteiger partial charge in [-0.15, -0.1) is 0 Å². The van der Waals surface area contributed by atoms with Gasteiger partial charge in [0, 0.05) is 5.92 Å². The predicted octanol–water partition coefficient (Wildman–Crippen LogP) is -1.92. The molecule has 68 heavy (non-hydrogen) atoms. The first kappa shape index (κ1) is 52.8. The molecule has 0 amide bonds. The van der Waals surface area contributed by atoms with Crippen LogP contribution in [0.3, 0.4) is 0 Å². The number of carbonyl (C=O) groups excluding carboxylic acids is 1. The van der Waals surface area contributed by atoms with Crippen molar-refractivity contribution in [3.05, 3.63) is 11.6 Å². The topological polar surface area (TPSA) is 335 Å². The lowest BCUT2D eigenvalue weighted by Crippen LogP contribution is -2.70. The van der Waals surface area contributed by atoms with E-state index in [1.807, 2.05) is 20.8 Å². The van der Waals surface area contributed by atoms with Crippen molar-refractivity contribution in [1.82, 2.24) is 0 Å². The molecule has 26 atom stereocenters. The Morgan fingerprint density at radius 2 is 1.18 bits per heavy atom. The number of hydrogen-bond donors (Lipinski definition) is 13. The monoisotopic (exact) mass is 975 g/mol. The van der Waals surface area contributed by atoms with Crippen molar-refractivity contribution in [2.45, 2.75) is 210 Å². The van der Waals surface area contributed by atoms with Crippen LogP contribution in [0.1, 0.15) is 99.8 Å². The van der Waals surface area contributed by atoms with Crippen molar-refractivity contribution in [2.24, 2.45) is 50.7 Å². The van der Waals surface area contributed by atoms with Crippen LogP contribution in [-0.2, 0) is 33.2 Å². The Kier molecular flexibility index (Phi) is 14.3. The van der Waals surface area contributed by atoms with Gasteiger partial charge in [0.15, 0.2) is 18.7 Å². The number of allylic oxidation sites excluding steroid dienone is 1. The molecule has 0 aromatic heterocycles. The normalized spacial score (nSPS) is 55.7. The van der Waals surface area contributed by atoms with Gasteiger partial charge < -0.3 is 94.8 Å². The van der Waals surface area contributed by atoms with E-state index in [9.17, 15) is 66.4 Å². The molecule has 7 fully saturated rings. The number of aliphatic hydroxyl groups excluding tert-OH is 12. The Bertz CT molecular complexity index is 1860. The maximum atomic E-state index is 15.3. The van der Waals surface area contributed by atoms with Gasteiger partial charge in [0.1, 0.15) is 67.1 Å². The lowest BCUT2D eigenvalue weighted by molar-refractivity contribution is -0.364. The molecule has 3 aliphatic heterocycles. The van der Waals surface area contributed by atoms with Crippen LogP contribution in [0.4, 0.5) is 0 Å². The quantitative estimate of drug-likeness (QED) is 0.0681. The molecule has 0 spiro atoms. The molecule has 0 aromatic rings. The van der Waals surface area contributed by atoms with E-state index in [0.717, 1.165) is 18.4 Å². The minimum atomic E-state index is -1.91. The van der Waals surface area contributed by atoms with Crippen LogP contribution in [0.2, 0.25) is 0 Å². The first-order valence-electron chi connectivity index (χ1n) is 24.6. The first-order chi connectivity index (χ1) is 31.7. The highest BCUT2D eigenvalue weighted by Gasteiger charge is 2.73. The summed E-state index contributed by atoms with van der Waals surface area (Å²) in [5.41, 5.74) is -3.99. The number of aliphatic hydroxyl groups is 13. The van der Waals surface area contributed by atoms with Crippen molar-refractivity contribution >= 4 is 5.97 Å². The minimum absolute atomic E-state index is 0.00865. The van der Waals surface area contributed by atoms with Crippen molar-refractivity contribution in [3.8, 4) is 0 Å². The highest BCUT2D eigenvalue weighted by atomic mass is 16.8. The molecule has 5 aliphatic carbocycles. The van der Waals surface area contributed by atoms with Crippen molar-refractivity contribution < 1.29 is 99.6 Å². The summed E-state index contributed by atoms with van der Waals surface area (Å²) >= 11 is 0. The summed E-state index contributed by atoms with van der Waals surface area (Å²) in [6.07, 6.45) is -20.6. The second-order valence-electron chi connectivity index (χ2n) is 23.3. The predicted molar refractivity (Wildman–Crippen MR) is 233 cm³/mol. The van der Waals surface area contributed by atoms with Crippen LogP contribution in [0.5, 0.6) is 0 Å². The fraction of sp³-hybridized carbons (Fsp3) is 0.938. The molecule has 20 heteroatoms. The van der Waals surface area contributed by atoms with E-state index in [0.29, 0.717) is 32.1 Å². The number of fused-ring (bicyclic) bond motifs is 7. The summed E-state index contributed by atoms with van der Waals surface area (Å²) < 4.78 is 35.6. The van der Waals surface area contributed by atoms with E-state index in [1.165, 1.54) is 0 Å². The van der Waals surface area contributed by atoms with Gasteiger partial charge in [0.05, 0.1) is 43.0 Å². The van der Waals surface area contributed by atoms with Gasteiger partial charge in [0.2, 0.25) is 6.29 Å². The molecular weight excluding hydrogens is 897 g/mol.